The molecule has 0 atom stereocenters. The first kappa shape index (κ1) is 25.9. The lowest BCUT2D eigenvalue weighted by molar-refractivity contribution is -0.131. The molecule has 2 rings (SSSR count). The van der Waals surface area contributed by atoms with Crippen LogP contribution in [-0.2, 0) is 11.3 Å². The van der Waals surface area contributed by atoms with Crippen LogP contribution in [0.3, 0.4) is 0 Å². The van der Waals surface area contributed by atoms with Crippen molar-refractivity contribution in [3.05, 3.63) is 41.3 Å². The van der Waals surface area contributed by atoms with Crippen molar-refractivity contribution < 1.29 is 4.79 Å². The predicted octanol–water partition coefficient (Wildman–Crippen LogP) is 2.77. The quantitative estimate of drug-likeness (QED) is 0.325. The third-order valence-electron chi connectivity index (χ3n) is 4.63. The molecule has 0 saturated carbocycles. The van der Waals surface area contributed by atoms with Crippen molar-refractivity contribution in [2.75, 3.05) is 33.2 Å². The van der Waals surface area contributed by atoms with Crippen LogP contribution in [0.4, 0.5) is 0 Å². The topological polar surface area (TPSA) is 78.6 Å². The van der Waals surface area contributed by atoms with Gasteiger partial charge >= 0.3 is 0 Å². The maximum absolute atomic E-state index is 12.4. The summed E-state index contributed by atoms with van der Waals surface area (Å²) in [6.07, 6.45) is 1.82. The molecule has 0 unspecified atom stereocenters. The van der Waals surface area contributed by atoms with Crippen molar-refractivity contribution in [1.82, 2.24) is 29.9 Å². The highest BCUT2D eigenvalue weighted by atomic mass is 127. The van der Waals surface area contributed by atoms with Gasteiger partial charge in [-0.2, -0.15) is 5.10 Å². The van der Waals surface area contributed by atoms with Gasteiger partial charge in [0, 0.05) is 38.6 Å². The van der Waals surface area contributed by atoms with E-state index in [-0.39, 0.29) is 29.9 Å². The predicted molar refractivity (Wildman–Crippen MR) is 132 cm³/mol. The van der Waals surface area contributed by atoms with Gasteiger partial charge in [0.05, 0.1) is 18.8 Å². The summed E-state index contributed by atoms with van der Waals surface area (Å²) < 4.78 is 1.83. The van der Waals surface area contributed by atoms with Gasteiger partial charge < -0.3 is 15.1 Å². The molecule has 0 bridgehead atoms. The van der Waals surface area contributed by atoms with Crippen LogP contribution in [0.1, 0.15) is 37.7 Å². The monoisotopic (exact) mass is 527 g/mol. The molecule has 8 nitrogen and oxygen atoms in total. The largest absolute Gasteiger partial charge is 0.357 e. The third-order valence-corrected chi connectivity index (χ3v) is 4.63. The minimum absolute atomic E-state index is 0. The Bertz CT molecular complexity index is 828. The zero-order valence-electron chi connectivity index (χ0n) is 18.8. The molecule has 0 aliphatic heterocycles. The van der Waals surface area contributed by atoms with Crippen LogP contribution >= 0.6 is 24.0 Å². The number of hydrogen-bond donors (Lipinski definition) is 1. The molecule has 0 aromatic carbocycles. The van der Waals surface area contributed by atoms with Gasteiger partial charge in [-0.3, -0.25) is 4.79 Å². The van der Waals surface area contributed by atoms with E-state index in [1.807, 2.05) is 80.5 Å². The number of hydrogen-bond acceptors (Lipinski definition) is 4. The van der Waals surface area contributed by atoms with E-state index in [0.29, 0.717) is 32.1 Å². The van der Waals surface area contributed by atoms with Crippen molar-refractivity contribution >= 4 is 35.8 Å². The summed E-state index contributed by atoms with van der Waals surface area (Å²) in [6.45, 7) is 12.9. The number of carbonyl (C=O) groups excluding carboxylic acids is 1. The molecule has 0 fully saturated rings. The van der Waals surface area contributed by atoms with Gasteiger partial charge in [-0.05, 0) is 52.3 Å². The lowest BCUT2D eigenvalue weighted by Crippen LogP contribution is -2.45. The molecule has 2 heterocycles. The van der Waals surface area contributed by atoms with Crippen molar-refractivity contribution in [3.8, 4) is 5.82 Å². The Balaban J connectivity index is 0.00000450. The van der Waals surface area contributed by atoms with Gasteiger partial charge in [0.25, 0.3) is 0 Å². The number of likely N-dealkylation sites (N-methyl/N-ethyl adjacent to an activating group) is 2. The molecule has 1 N–H and O–H groups in total. The second-order valence-corrected chi connectivity index (χ2v) is 6.96. The molecule has 166 valence electrons. The normalized spacial score (nSPS) is 11.1. The fraction of sp³-hybridized carbons (Fsp3) is 0.524. The van der Waals surface area contributed by atoms with E-state index in [1.54, 1.807) is 0 Å². The number of aliphatic imine (C=N–C) groups is 1. The lowest BCUT2D eigenvalue weighted by Gasteiger charge is -2.25. The molecule has 0 spiro atoms. The second-order valence-electron chi connectivity index (χ2n) is 6.96. The van der Waals surface area contributed by atoms with Crippen molar-refractivity contribution in [2.45, 2.75) is 41.2 Å². The Hall–Kier alpha value is -2.17. The summed E-state index contributed by atoms with van der Waals surface area (Å²) in [6, 6.07) is 5.98. The number of guanidine groups is 1. The second kappa shape index (κ2) is 12.5. The third kappa shape index (κ3) is 6.96. The Kier molecular flexibility index (Phi) is 10.8. The molecule has 0 aliphatic carbocycles. The van der Waals surface area contributed by atoms with Gasteiger partial charge in [-0.25, -0.2) is 14.7 Å². The molecule has 30 heavy (non-hydrogen) atoms. The molecule has 2 aromatic rings. The average Bonchev–Trinajstić information content (AvgIpc) is 3.04. The zero-order chi connectivity index (χ0) is 21.4. The van der Waals surface area contributed by atoms with Crippen molar-refractivity contribution in [1.29, 1.82) is 0 Å². The highest BCUT2D eigenvalue weighted by Crippen LogP contribution is 2.11. The molecular formula is C21H34IN7O. The van der Waals surface area contributed by atoms with E-state index in [9.17, 15) is 4.79 Å². The Morgan fingerprint density at radius 2 is 1.90 bits per heavy atom. The number of pyridine rings is 1. The van der Waals surface area contributed by atoms with E-state index in [0.717, 1.165) is 29.3 Å². The minimum atomic E-state index is 0. The smallest absolute Gasteiger partial charge is 0.242 e. The first-order valence-electron chi connectivity index (χ1n) is 10.1. The van der Waals surface area contributed by atoms with Crippen molar-refractivity contribution in [3.63, 3.8) is 0 Å². The molecular weight excluding hydrogens is 493 g/mol. The molecule has 0 aliphatic rings. The standard InChI is InChI=1S/C21H33N7O.HI/c1-7-22-21(26(6)15-20(29)27(8-2)9-3)24-14-18-10-11-19(23-13-18)28-17(5)12-16(4)25-28;/h10-13H,7-9,14-15H2,1-6H3,(H,22,24);1H. The van der Waals surface area contributed by atoms with Crippen molar-refractivity contribution in [2.24, 2.45) is 4.99 Å². The zero-order valence-corrected chi connectivity index (χ0v) is 21.2. The van der Waals surface area contributed by atoms with Crippen LogP contribution in [0.2, 0.25) is 0 Å². The number of amides is 1. The number of aromatic nitrogens is 3. The highest BCUT2D eigenvalue weighted by molar-refractivity contribution is 14.0. The van der Waals surface area contributed by atoms with E-state index in [4.69, 9.17) is 0 Å². The summed E-state index contributed by atoms with van der Waals surface area (Å²) in [5, 5.41) is 7.71. The Morgan fingerprint density at radius 1 is 1.20 bits per heavy atom. The molecule has 0 saturated heterocycles. The first-order chi connectivity index (χ1) is 13.9. The van der Waals surface area contributed by atoms with Gasteiger partial charge in [0.15, 0.2) is 11.8 Å². The maximum atomic E-state index is 12.4. The first-order valence-corrected chi connectivity index (χ1v) is 10.1. The number of aryl methyl sites for hydroxylation is 2. The summed E-state index contributed by atoms with van der Waals surface area (Å²) in [7, 11) is 1.88. The van der Waals surface area contributed by atoms with Crippen LogP contribution in [0.25, 0.3) is 5.82 Å². The number of rotatable bonds is 8. The molecule has 9 heteroatoms. The van der Waals surface area contributed by atoms with E-state index >= 15 is 0 Å². The van der Waals surface area contributed by atoms with Gasteiger partial charge in [0.2, 0.25) is 5.91 Å². The molecule has 1 amide bonds. The average molecular weight is 527 g/mol. The molecule has 0 radical (unpaired) electrons. The van der Waals surface area contributed by atoms with Crippen LogP contribution in [0.5, 0.6) is 0 Å². The van der Waals surface area contributed by atoms with E-state index in [1.165, 1.54) is 0 Å². The van der Waals surface area contributed by atoms with Crippen LogP contribution in [0, 0.1) is 13.8 Å². The summed E-state index contributed by atoms with van der Waals surface area (Å²) in [5.74, 6) is 1.59. The summed E-state index contributed by atoms with van der Waals surface area (Å²) in [4.78, 5) is 25.3. The highest BCUT2D eigenvalue weighted by Gasteiger charge is 2.15. The summed E-state index contributed by atoms with van der Waals surface area (Å²) in [5.41, 5.74) is 3.01. The van der Waals surface area contributed by atoms with Crippen LogP contribution in [0.15, 0.2) is 29.4 Å². The Morgan fingerprint density at radius 3 is 2.40 bits per heavy atom. The fourth-order valence-corrected chi connectivity index (χ4v) is 3.09. The van der Waals surface area contributed by atoms with Gasteiger partial charge in [-0.15, -0.1) is 24.0 Å². The number of carbonyl (C=O) groups is 1. The lowest BCUT2D eigenvalue weighted by atomic mass is 10.3. The summed E-state index contributed by atoms with van der Waals surface area (Å²) >= 11 is 0. The minimum Gasteiger partial charge on any atom is -0.357 e. The fourth-order valence-electron chi connectivity index (χ4n) is 3.09. The van der Waals surface area contributed by atoms with E-state index in [2.05, 4.69) is 20.4 Å². The number of halogens is 1. The van der Waals surface area contributed by atoms with Gasteiger partial charge in [0.1, 0.15) is 0 Å². The van der Waals surface area contributed by atoms with E-state index < -0.39 is 0 Å². The number of nitrogens with one attached hydrogen (secondary N) is 1. The molecule has 2 aromatic heterocycles. The SMILES string of the molecule is CCNC(=NCc1ccc(-n2nc(C)cc2C)nc1)N(C)CC(=O)N(CC)CC.I. The van der Waals surface area contributed by atoms with Crippen LogP contribution < -0.4 is 5.32 Å². The van der Waals surface area contributed by atoms with Gasteiger partial charge in [-0.1, -0.05) is 6.07 Å². The Labute approximate surface area is 196 Å². The maximum Gasteiger partial charge on any atom is 0.242 e. The van der Waals surface area contributed by atoms with Crippen LogP contribution in [-0.4, -0.2) is 69.7 Å². The number of nitrogens with zero attached hydrogens (tertiary/aromatic N) is 6.